The highest BCUT2D eigenvalue weighted by atomic mass is 19.1. The molecule has 1 aromatic heterocycles. The molecule has 8 nitrogen and oxygen atoms in total. The van der Waals surface area contributed by atoms with Crippen LogP contribution < -0.4 is 16.2 Å². The molecule has 0 unspecified atom stereocenters. The molecule has 0 fully saturated rings. The van der Waals surface area contributed by atoms with E-state index in [0.717, 1.165) is 15.8 Å². The van der Waals surface area contributed by atoms with E-state index in [1.165, 1.54) is 27.0 Å². The van der Waals surface area contributed by atoms with Crippen LogP contribution in [0.4, 0.5) is 17.6 Å². The van der Waals surface area contributed by atoms with Gasteiger partial charge in [-0.25, -0.2) is 17.6 Å². The van der Waals surface area contributed by atoms with E-state index >= 15 is 0 Å². The molecule has 1 aliphatic rings. The van der Waals surface area contributed by atoms with Crippen molar-refractivity contribution in [1.82, 2.24) is 14.9 Å². The van der Waals surface area contributed by atoms with Gasteiger partial charge in [-0.05, 0) is 19.9 Å². The van der Waals surface area contributed by atoms with Crippen LogP contribution in [-0.4, -0.2) is 45.6 Å². The second-order valence-electron chi connectivity index (χ2n) is 7.53. The zero-order valence-corrected chi connectivity index (χ0v) is 17.7. The first-order valence-corrected chi connectivity index (χ1v) is 9.73. The van der Waals surface area contributed by atoms with E-state index in [4.69, 9.17) is 0 Å². The summed E-state index contributed by atoms with van der Waals surface area (Å²) in [4.78, 5) is 39.0. The summed E-state index contributed by atoms with van der Waals surface area (Å²) < 4.78 is 56.0. The van der Waals surface area contributed by atoms with E-state index in [9.17, 15) is 37.1 Å². The lowest BCUT2D eigenvalue weighted by Crippen LogP contribution is -2.39. The van der Waals surface area contributed by atoms with Gasteiger partial charge in [0, 0.05) is 37.5 Å². The predicted octanol–water partition coefficient (Wildman–Crippen LogP) is 2.16. The number of nitrogens with one attached hydrogen (secondary N) is 2. The third kappa shape index (κ3) is 4.54. The number of aromatic hydroxyl groups is 1. The van der Waals surface area contributed by atoms with Gasteiger partial charge >= 0.3 is 0 Å². The Morgan fingerprint density at radius 2 is 1.76 bits per heavy atom. The number of halogens is 4. The lowest BCUT2D eigenvalue weighted by atomic mass is 10.1. The molecule has 12 heteroatoms. The molecule has 2 aromatic rings. The van der Waals surface area contributed by atoms with Crippen molar-refractivity contribution in [2.45, 2.75) is 32.5 Å². The van der Waals surface area contributed by atoms with Crippen LogP contribution in [-0.2, 0) is 6.54 Å². The van der Waals surface area contributed by atoms with E-state index in [2.05, 4.69) is 10.7 Å². The van der Waals surface area contributed by atoms with E-state index in [1.807, 2.05) is 0 Å². The maximum absolute atomic E-state index is 14.4. The van der Waals surface area contributed by atoms with Crippen LogP contribution in [0.3, 0.4) is 0 Å². The Labute approximate surface area is 185 Å². The highest BCUT2D eigenvalue weighted by molar-refractivity contribution is 5.98. The molecule has 3 N–H and O–H groups in total. The van der Waals surface area contributed by atoms with Crippen molar-refractivity contribution >= 4 is 11.8 Å². The van der Waals surface area contributed by atoms with Gasteiger partial charge < -0.3 is 20.7 Å². The van der Waals surface area contributed by atoms with Crippen LogP contribution in [0.1, 0.15) is 40.3 Å². The van der Waals surface area contributed by atoms with Crippen LogP contribution in [0.2, 0.25) is 0 Å². The fourth-order valence-electron chi connectivity index (χ4n) is 3.24. The molecule has 0 saturated heterocycles. The zero-order chi connectivity index (χ0) is 24.6. The van der Waals surface area contributed by atoms with Crippen LogP contribution >= 0.6 is 0 Å². The van der Waals surface area contributed by atoms with Gasteiger partial charge in [0.05, 0.1) is 12.1 Å². The summed E-state index contributed by atoms with van der Waals surface area (Å²) in [7, 11) is 1.27. The van der Waals surface area contributed by atoms with Crippen LogP contribution in [0.5, 0.6) is 5.75 Å². The number of fused-ring (bicyclic) bond motifs is 1. The van der Waals surface area contributed by atoms with Gasteiger partial charge in [0.2, 0.25) is 5.43 Å². The van der Waals surface area contributed by atoms with Crippen LogP contribution in [0.25, 0.3) is 0 Å². The number of hydrogen-bond acceptors (Lipinski definition) is 5. The normalized spacial score (nSPS) is 20.0. The third-order valence-electron chi connectivity index (χ3n) is 5.21. The molecule has 33 heavy (non-hydrogen) atoms. The molecule has 3 rings (SSSR count). The molecule has 2 atom stereocenters. The number of pyridine rings is 1. The standard InChI is InChI=1S/C21H20F4N4O4/c1-9-4-14(23)10(2)28(3)21(33)17-19(31)18(30)13(8-29(17)27-9)20(32)26-7-12-15(24)5-11(22)6-16(12)25/h4-6,8-10,27,31H,7H2,1-3H3,(H,26,32)/b14-4+/t9-,10+/m1/s1. The average molecular weight is 468 g/mol. The lowest BCUT2D eigenvalue weighted by molar-refractivity contribution is 0.0736. The van der Waals surface area contributed by atoms with Crippen molar-refractivity contribution in [1.29, 1.82) is 0 Å². The Kier molecular flexibility index (Phi) is 6.47. The number of rotatable bonds is 3. The number of likely N-dealkylation sites (N-methyl/N-ethyl adjacent to an activating group) is 1. The minimum atomic E-state index is -1.24. The molecule has 0 saturated carbocycles. The van der Waals surface area contributed by atoms with E-state index < -0.39 is 81.7 Å². The fraction of sp³-hybridized carbons (Fsp3) is 0.286. The number of carbonyl (C=O) groups is 2. The Morgan fingerprint density at radius 1 is 1.15 bits per heavy atom. The molecule has 0 radical (unpaired) electrons. The third-order valence-corrected chi connectivity index (χ3v) is 5.21. The van der Waals surface area contributed by atoms with Crippen LogP contribution in [0, 0.1) is 17.5 Å². The van der Waals surface area contributed by atoms with Crippen LogP contribution in [0.15, 0.2) is 35.0 Å². The lowest BCUT2D eigenvalue weighted by Gasteiger charge is -2.24. The summed E-state index contributed by atoms with van der Waals surface area (Å²) in [5.74, 6) is -7.36. The van der Waals surface area contributed by atoms with Crippen molar-refractivity contribution in [3.8, 4) is 5.75 Å². The molecular weight excluding hydrogens is 448 g/mol. The number of amides is 2. The van der Waals surface area contributed by atoms with Crippen molar-refractivity contribution < 1.29 is 32.3 Å². The maximum atomic E-state index is 14.4. The van der Waals surface area contributed by atoms with Crippen molar-refractivity contribution in [2.24, 2.45) is 0 Å². The Hall–Kier alpha value is -3.83. The summed E-state index contributed by atoms with van der Waals surface area (Å²) in [6.07, 6.45) is 2.09. The van der Waals surface area contributed by atoms with Gasteiger partial charge in [-0.2, -0.15) is 0 Å². The maximum Gasteiger partial charge on any atom is 0.276 e. The summed E-state index contributed by atoms with van der Waals surface area (Å²) >= 11 is 0. The molecule has 1 aliphatic heterocycles. The first kappa shape index (κ1) is 23.8. The van der Waals surface area contributed by atoms with Gasteiger partial charge in [0.1, 0.15) is 28.8 Å². The van der Waals surface area contributed by atoms with Crippen molar-refractivity contribution in [3.63, 3.8) is 0 Å². The summed E-state index contributed by atoms with van der Waals surface area (Å²) in [5.41, 5.74) is -0.384. The second-order valence-corrected chi connectivity index (χ2v) is 7.53. The SMILES string of the molecule is C[C@@H]1/C=C(/F)[C@H](C)N(C)C(=O)c2c(O)c(=O)c(C(=O)NCc3c(F)cc(F)cc3F)cn2N1. The minimum absolute atomic E-state index is 0.431. The molecular formula is C21H20F4N4O4. The predicted molar refractivity (Wildman–Crippen MR) is 109 cm³/mol. The van der Waals surface area contributed by atoms with Gasteiger partial charge in [-0.1, -0.05) is 0 Å². The summed E-state index contributed by atoms with van der Waals surface area (Å²) in [5, 5.41) is 12.6. The molecule has 2 amide bonds. The Balaban J connectivity index is 2.01. The van der Waals surface area contributed by atoms with Crippen molar-refractivity contribution in [3.05, 3.63) is 74.7 Å². The smallest absolute Gasteiger partial charge is 0.276 e. The summed E-state index contributed by atoms with van der Waals surface area (Å²) in [6, 6.07) is -0.862. The largest absolute Gasteiger partial charge is 0.502 e. The average Bonchev–Trinajstić information content (AvgIpc) is 2.75. The fourth-order valence-corrected chi connectivity index (χ4v) is 3.24. The number of carbonyl (C=O) groups excluding carboxylic acids is 2. The highest BCUT2D eigenvalue weighted by Crippen LogP contribution is 2.22. The number of nitrogens with zero attached hydrogens (tertiary/aromatic N) is 2. The first-order valence-electron chi connectivity index (χ1n) is 9.73. The second kappa shape index (κ2) is 8.96. The molecule has 0 spiro atoms. The van der Waals surface area contributed by atoms with Gasteiger partial charge in [0.15, 0.2) is 11.4 Å². The number of hydrogen-bond donors (Lipinski definition) is 3. The van der Waals surface area contributed by atoms with Gasteiger partial charge in [-0.3, -0.25) is 19.1 Å². The molecule has 1 aromatic carbocycles. The number of benzene rings is 1. The van der Waals surface area contributed by atoms with Gasteiger partial charge in [0.25, 0.3) is 11.8 Å². The van der Waals surface area contributed by atoms with E-state index in [-0.39, 0.29) is 0 Å². The first-order chi connectivity index (χ1) is 15.4. The highest BCUT2D eigenvalue weighted by Gasteiger charge is 2.31. The topological polar surface area (TPSA) is 104 Å². The quantitative estimate of drug-likeness (QED) is 0.599. The Bertz CT molecular complexity index is 1200. The molecule has 176 valence electrons. The monoisotopic (exact) mass is 468 g/mol. The van der Waals surface area contributed by atoms with E-state index in [0.29, 0.717) is 12.1 Å². The molecule has 0 aliphatic carbocycles. The number of aromatic nitrogens is 1. The van der Waals surface area contributed by atoms with E-state index in [1.54, 1.807) is 0 Å². The molecule has 2 heterocycles. The van der Waals surface area contributed by atoms with Gasteiger partial charge in [-0.15, -0.1) is 0 Å². The van der Waals surface area contributed by atoms with Crippen molar-refractivity contribution in [2.75, 3.05) is 12.5 Å². The molecule has 0 bridgehead atoms. The zero-order valence-electron chi connectivity index (χ0n) is 17.7. The minimum Gasteiger partial charge on any atom is -0.502 e. The summed E-state index contributed by atoms with van der Waals surface area (Å²) in [6.45, 7) is 2.22. The Morgan fingerprint density at radius 3 is 2.36 bits per heavy atom.